The highest BCUT2D eigenvalue weighted by molar-refractivity contribution is 7.51. The van der Waals surface area contributed by atoms with Gasteiger partial charge in [-0.2, -0.15) is 9.97 Å². The van der Waals surface area contributed by atoms with Gasteiger partial charge in [0.25, 0.3) is 0 Å². The maximum Gasteiger partial charge on any atom is 0.325 e. The molecule has 2 unspecified atom stereocenters. The lowest BCUT2D eigenvalue weighted by Crippen LogP contribution is -2.31. The average molecular weight is 530 g/mol. The summed E-state index contributed by atoms with van der Waals surface area (Å²) in [6, 6.07) is 5.86. The Morgan fingerprint density at radius 3 is 2.69 bits per heavy atom. The Kier molecular flexibility index (Phi) is 7.72. The molecule has 0 bridgehead atoms. The fourth-order valence-electron chi connectivity index (χ4n) is 4.15. The Morgan fingerprint density at radius 2 is 1.97 bits per heavy atom. The van der Waals surface area contributed by atoms with Crippen LogP contribution in [0, 0.1) is 5.82 Å². The molecular formula is C21H26ClFN5O6P. The van der Waals surface area contributed by atoms with Gasteiger partial charge in [-0.15, -0.1) is 0 Å². The average Bonchev–Trinajstić information content (AvgIpc) is 3.32. The quantitative estimate of drug-likeness (QED) is 0.158. The van der Waals surface area contributed by atoms with E-state index < -0.39 is 38.2 Å². The molecule has 3 heterocycles. The van der Waals surface area contributed by atoms with Crippen LogP contribution in [-0.2, 0) is 9.30 Å². The van der Waals surface area contributed by atoms with Crippen molar-refractivity contribution in [1.82, 2.24) is 19.5 Å². The van der Waals surface area contributed by atoms with Gasteiger partial charge < -0.3 is 30.1 Å². The summed E-state index contributed by atoms with van der Waals surface area (Å²) >= 11 is 6.14. The summed E-state index contributed by atoms with van der Waals surface area (Å²) in [6.45, 7) is 1.76. The van der Waals surface area contributed by atoms with Crippen molar-refractivity contribution in [2.24, 2.45) is 0 Å². The number of hydrogen-bond acceptors (Lipinski definition) is 8. The van der Waals surface area contributed by atoms with E-state index in [-0.39, 0.29) is 35.1 Å². The molecule has 14 heteroatoms. The SMILES string of the molecule is C[C@H](Nc1nc(Cl)nc2c1ncn2[C@@H]1O[C@H](CCCCP(=O)(O)O)C(O)C1O)c1ccccc1F. The van der Waals surface area contributed by atoms with Crippen LogP contribution in [0.15, 0.2) is 30.6 Å². The van der Waals surface area contributed by atoms with Gasteiger partial charge in [0.05, 0.1) is 18.5 Å². The molecule has 0 radical (unpaired) electrons. The molecule has 5 N–H and O–H groups in total. The van der Waals surface area contributed by atoms with Gasteiger partial charge in [-0.3, -0.25) is 9.13 Å². The number of hydrogen-bond donors (Lipinski definition) is 5. The molecule has 2 aromatic heterocycles. The van der Waals surface area contributed by atoms with Crippen molar-refractivity contribution in [3.8, 4) is 0 Å². The van der Waals surface area contributed by atoms with Crippen molar-refractivity contribution in [2.45, 2.75) is 56.8 Å². The van der Waals surface area contributed by atoms with Crippen LogP contribution in [0.1, 0.15) is 44.0 Å². The first kappa shape index (κ1) is 25.9. The molecule has 0 amide bonds. The predicted octanol–water partition coefficient (Wildman–Crippen LogP) is 2.76. The Balaban J connectivity index is 1.54. The van der Waals surface area contributed by atoms with E-state index in [4.69, 9.17) is 26.1 Å². The minimum absolute atomic E-state index is 0.107. The van der Waals surface area contributed by atoms with Crippen LogP contribution in [0.25, 0.3) is 11.2 Å². The van der Waals surface area contributed by atoms with Crippen LogP contribution in [-0.4, -0.2) is 64.0 Å². The molecule has 0 spiro atoms. The second kappa shape index (κ2) is 10.4. The maximum absolute atomic E-state index is 14.2. The standard InChI is InChI=1S/C21H26ClFN5O6P/c1-11(12-6-2-3-7-13(12)23)25-18-15-19(27-21(22)26-18)28(10-24-15)20-17(30)16(29)14(34-20)8-4-5-9-35(31,32)33/h2-3,6-7,10-11,14,16-17,20,29-30H,4-5,8-9H2,1H3,(H,25,26,27)(H2,31,32,33)/t11-,14+,16?,17?,20+/m0/s1. The Hall–Kier alpha value is -2.18. The van der Waals surface area contributed by atoms with Crippen molar-refractivity contribution in [3.63, 3.8) is 0 Å². The molecule has 190 valence electrons. The second-order valence-electron chi connectivity index (χ2n) is 8.48. The minimum atomic E-state index is -4.09. The molecule has 0 saturated carbocycles. The Bertz CT molecular complexity index is 1240. The first-order chi connectivity index (χ1) is 16.5. The maximum atomic E-state index is 14.2. The van der Waals surface area contributed by atoms with Crippen LogP contribution in [0.4, 0.5) is 10.2 Å². The zero-order valence-electron chi connectivity index (χ0n) is 18.7. The number of aliphatic hydroxyl groups excluding tert-OH is 2. The highest BCUT2D eigenvalue weighted by atomic mass is 35.5. The van der Waals surface area contributed by atoms with E-state index >= 15 is 0 Å². The summed E-state index contributed by atoms with van der Waals surface area (Å²) < 4.78 is 32.5. The van der Waals surface area contributed by atoms with E-state index in [1.165, 1.54) is 17.0 Å². The van der Waals surface area contributed by atoms with Gasteiger partial charge in [0.15, 0.2) is 23.2 Å². The summed E-state index contributed by atoms with van der Waals surface area (Å²) in [5, 5.41) is 24.1. The van der Waals surface area contributed by atoms with E-state index in [1.807, 2.05) is 0 Å². The number of nitrogens with zero attached hydrogens (tertiary/aromatic N) is 4. The van der Waals surface area contributed by atoms with Crippen molar-refractivity contribution in [1.29, 1.82) is 0 Å². The zero-order chi connectivity index (χ0) is 25.3. The first-order valence-electron chi connectivity index (χ1n) is 11.0. The van der Waals surface area contributed by atoms with E-state index in [9.17, 15) is 19.2 Å². The van der Waals surface area contributed by atoms with Gasteiger partial charge in [0, 0.05) is 11.7 Å². The van der Waals surface area contributed by atoms with Gasteiger partial charge in [-0.25, -0.2) is 9.37 Å². The van der Waals surface area contributed by atoms with Gasteiger partial charge >= 0.3 is 7.60 Å². The smallest absolute Gasteiger partial charge is 0.325 e. The number of aliphatic hydroxyl groups is 2. The minimum Gasteiger partial charge on any atom is -0.388 e. The lowest BCUT2D eigenvalue weighted by molar-refractivity contribution is -0.0373. The largest absolute Gasteiger partial charge is 0.388 e. The molecule has 1 aliphatic rings. The van der Waals surface area contributed by atoms with Crippen LogP contribution in [0.5, 0.6) is 0 Å². The molecule has 1 aliphatic heterocycles. The molecule has 1 fully saturated rings. The molecule has 4 rings (SSSR count). The number of benzene rings is 1. The summed E-state index contributed by atoms with van der Waals surface area (Å²) in [5.74, 6) is -0.116. The van der Waals surface area contributed by atoms with Gasteiger partial charge in [-0.1, -0.05) is 24.6 Å². The van der Waals surface area contributed by atoms with Crippen LogP contribution in [0.3, 0.4) is 0 Å². The lowest BCUT2D eigenvalue weighted by atomic mass is 10.1. The Labute approximate surface area is 205 Å². The van der Waals surface area contributed by atoms with E-state index in [0.29, 0.717) is 23.9 Å². The molecule has 11 nitrogen and oxygen atoms in total. The third-order valence-electron chi connectivity index (χ3n) is 5.92. The second-order valence-corrected chi connectivity index (χ2v) is 10.6. The van der Waals surface area contributed by atoms with Crippen molar-refractivity contribution in [2.75, 3.05) is 11.5 Å². The Morgan fingerprint density at radius 1 is 1.23 bits per heavy atom. The monoisotopic (exact) mass is 529 g/mol. The fourth-order valence-corrected chi connectivity index (χ4v) is 4.95. The molecule has 35 heavy (non-hydrogen) atoms. The number of nitrogens with one attached hydrogen (secondary N) is 1. The summed E-state index contributed by atoms with van der Waals surface area (Å²) in [5.41, 5.74) is 0.980. The highest BCUT2D eigenvalue weighted by Gasteiger charge is 2.44. The first-order valence-corrected chi connectivity index (χ1v) is 13.2. The summed E-state index contributed by atoms with van der Waals surface area (Å²) in [4.78, 5) is 30.7. The van der Waals surface area contributed by atoms with Gasteiger partial charge in [0.1, 0.15) is 18.0 Å². The third kappa shape index (κ3) is 5.80. The number of halogens is 2. The third-order valence-corrected chi connectivity index (χ3v) is 6.99. The summed E-state index contributed by atoms with van der Waals surface area (Å²) in [7, 11) is -4.09. The number of rotatable bonds is 9. The van der Waals surface area contributed by atoms with Crippen molar-refractivity contribution in [3.05, 3.63) is 47.3 Å². The number of ether oxygens (including phenoxy) is 1. The van der Waals surface area contributed by atoms with E-state index in [2.05, 4.69) is 20.3 Å². The molecule has 3 aromatic rings. The number of anilines is 1. The predicted molar refractivity (Wildman–Crippen MR) is 125 cm³/mol. The van der Waals surface area contributed by atoms with Crippen LogP contribution >= 0.6 is 19.2 Å². The van der Waals surface area contributed by atoms with Crippen molar-refractivity contribution >= 4 is 36.2 Å². The van der Waals surface area contributed by atoms with Crippen LogP contribution < -0.4 is 5.32 Å². The van der Waals surface area contributed by atoms with Crippen LogP contribution in [0.2, 0.25) is 5.28 Å². The molecule has 1 saturated heterocycles. The normalized spacial score (nSPS) is 23.6. The summed E-state index contributed by atoms with van der Waals surface area (Å²) in [6.07, 6.45) is -2.23. The number of imidazole rings is 1. The molecule has 1 aromatic carbocycles. The lowest BCUT2D eigenvalue weighted by Gasteiger charge is -2.18. The van der Waals surface area contributed by atoms with E-state index in [1.54, 1.807) is 25.1 Å². The van der Waals surface area contributed by atoms with Crippen molar-refractivity contribution < 1.29 is 33.7 Å². The topological polar surface area (TPSA) is 163 Å². The molecular weight excluding hydrogens is 504 g/mol. The molecule has 0 aliphatic carbocycles. The van der Waals surface area contributed by atoms with Gasteiger partial charge in [-0.05, 0) is 37.4 Å². The number of unbranched alkanes of at least 4 members (excludes halogenated alkanes) is 1. The number of aromatic nitrogens is 4. The van der Waals surface area contributed by atoms with E-state index in [0.717, 1.165) is 0 Å². The van der Waals surface area contributed by atoms with Gasteiger partial charge in [0.2, 0.25) is 5.28 Å². The highest BCUT2D eigenvalue weighted by Crippen LogP contribution is 2.38. The molecule has 5 atom stereocenters. The zero-order valence-corrected chi connectivity index (χ0v) is 20.3. The number of fused-ring (bicyclic) bond motifs is 1. The fraction of sp³-hybridized carbons (Fsp3) is 0.476.